The molecule has 2 nitrogen and oxygen atoms in total. The molecule has 1 aromatic carbocycles. The molecule has 2 rings (SSSR count). The summed E-state index contributed by atoms with van der Waals surface area (Å²) in [6, 6.07) is 4.46. The first-order valence-electron chi connectivity index (χ1n) is 5.50. The van der Waals surface area contributed by atoms with Gasteiger partial charge in [-0.25, -0.2) is 0 Å². The standard InChI is InChI=1S/C13H17NO/c1-9-6-10(2)12-5-3-4-11(8-14-15)13(12)7-9/h6-8,11,15H,3-5H2,1-2H3. The molecule has 0 heterocycles. The second kappa shape index (κ2) is 4.05. The van der Waals surface area contributed by atoms with E-state index in [1.54, 1.807) is 6.21 Å². The molecule has 0 saturated heterocycles. The highest BCUT2D eigenvalue weighted by Crippen LogP contribution is 2.33. The summed E-state index contributed by atoms with van der Waals surface area (Å²) in [5.41, 5.74) is 5.49. The summed E-state index contributed by atoms with van der Waals surface area (Å²) in [5.74, 6) is 0.303. The van der Waals surface area contributed by atoms with Crippen LogP contribution in [0.4, 0.5) is 0 Å². The van der Waals surface area contributed by atoms with Gasteiger partial charge < -0.3 is 5.21 Å². The summed E-state index contributed by atoms with van der Waals surface area (Å²) in [6.45, 7) is 4.29. The van der Waals surface area contributed by atoms with Gasteiger partial charge in [0.05, 0.1) is 6.21 Å². The van der Waals surface area contributed by atoms with Gasteiger partial charge in [-0.3, -0.25) is 0 Å². The summed E-state index contributed by atoms with van der Waals surface area (Å²) in [6.07, 6.45) is 5.11. The van der Waals surface area contributed by atoms with Crippen LogP contribution in [0, 0.1) is 13.8 Å². The van der Waals surface area contributed by atoms with Crippen LogP contribution in [0.1, 0.15) is 41.0 Å². The van der Waals surface area contributed by atoms with Gasteiger partial charge >= 0.3 is 0 Å². The average molecular weight is 203 g/mol. The molecule has 0 fully saturated rings. The molecule has 0 saturated carbocycles. The third-order valence-electron chi connectivity index (χ3n) is 3.24. The first kappa shape index (κ1) is 10.2. The molecule has 15 heavy (non-hydrogen) atoms. The molecular weight excluding hydrogens is 186 g/mol. The zero-order chi connectivity index (χ0) is 10.8. The van der Waals surface area contributed by atoms with Crippen LogP contribution in [-0.2, 0) is 6.42 Å². The van der Waals surface area contributed by atoms with Crippen molar-refractivity contribution in [1.29, 1.82) is 0 Å². The molecule has 0 amide bonds. The normalized spacial score (nSPS) is 20.5. The van der Waals surface area contributed by atoms with Gasteiger partial charge in [-0.2, -0.15) is 0 Å². The highest BCUT2D eigenvalue weighted by molar-refractivity contribution is 5.69. The van der Waals surface area contributed by atoms with E-state index in [1.165, 1.54) is 28.7 Å². The van der Waals surface area contributed by atoms with Crippen LogP contribution < -0.4 is 0 Å². The monoisotopic (exact) mass is 203 g/mol. The Morgan fingerprint density at radius 2 is 2.20 bits per heavy atom. The summed E-state index contributed by atoms with van der Waals surface area (Å²) in [4.78, 5) is 0. The zero-order valence-electron chi connectivity index (χ0n) is 9.33. The van der Waals surface area contributed by atoms with Crippen molar-refractivity contribution >= 4 is 6.21 Å². The number of nitrogens with zero attached hydrogens (tertiary/aromatic N) is 1. The van der Waals surface area contributed by atoms with Crippen LogP contribution in [0.15, 0.2) is 17.3 Å². The van der Waals surface area contributed by atoms with Crippen molar-refractivity contribution in [3.63, 3.8) is 0 Å². The molecule has 1 aliphatic carbocycles. The lowest BCUT2D eigenvalue weighted by molar-refractivity contribution is 0.319. The third-order valence-corrected chi connectivity index (χ3v) is 3.24. The Morgan fingerprint density at radius 3 is 2.93 bits per heavy atom. The molecule has 80 valence electrons. The Bertz CT molecular complexity index is 396. The van der Waals surface area contributed by atoms with E-state index in [9.17, 15) is 0 Å². The van der Waals surface area contributed by atoms with Crippen LogP contribution in [0.2, 0.25) is 0 Å². The first-order valence-corrected chi connectivity index (χ1v) is 5.50. The quantitative estimate of drug-likeness (QED) is 0.424. The predicted molar refractivity (Wildman–Crippen MR) is 61.9 cm³/mol. The van der Waals surface area contributed by atoms with Gasteiger partial charge in [0.15, 0.2) is 0 Å². The van der Waals surface area contributed by atoms with Crippen molar-refractivity contribution in [3.8, 4) is 0 Å². The number of rotatable bonds is 1. The molecule has 1 aliphatic rings. The molecule has 1 N–H and O–H groups in total. The van der Waals surface area contributed by atoms with Crippen molar-refractivity contribution in [2.24, 2.45) is 5.16 Å². The topological polar surface area (TPSA) is 32.6 Å². The highest BCUT2D eigenvalue weighted by atomic mass is 16.4. The Hall–Kier alpha value is -1.31. The average Bonchev–Trinajstić information content (AvgIpc) is 2.19. The van der Waals surface area contributed by atoms with E-state index in [0.29, 0.717) is 5.92 Å². The number of fused-ring (bicyclic) bond motifs is 1. The van der Waals surface area contributed by atoms with E-state index in [1.807, 2.05) is 0 Å². The van der Waals surface area contributed by atoms with Crippen LogP contribution >= 0.6 is 0 Å². The van der Waals surface area contributed by atoms with Gasteiger partial charge in [0, 0.05) is 5.92 Å². The van der Waals surface area contributed by atoms with Crippen LogP contribution in [0.3, 0.4) is 0 Å². The molecular formula is C13H17NO. The van der Waals surface area contributed by atoms with E-state index < -0.39 is 0 Å². The lowest BCUT2D eigenvalue weighted by Crippen LogP contribution is -2.12. The van der Waals surface area contributed by atoms with Crippen molar-refractivity contribution < 1.29 is 5.21 Å². The fourth-order valence-electron chi connectivity index (χ4n) is 2.59. The maximum absolute atomic E-state index is 8.65. The van der Waals surface area contributed by atoms with Gasteiger partial charge in [0.1, 0.15) is 0 Å². The maximum Gasteiger partial charge on any atom is 0.0510 e. The minimum absolute atomic E-state index is 0.303. The Labute approximate surface area is 90.6 Å². The second-order valence-corrected chi connectivity index (χ2v) is 4.41. The largest absolute Gasteiger partial charge is 0.411 e. The number of benzene rings is 1. The van der Waals surface area contributed by atoms with Crippen molar-refractivity contribution in [2.75, 3.05) is 0 Å². The summed E-state index contributed by atoms with van der Waals surface area (Å²) < 4.78 is 0. The van der Waals surface area contributed by atoms with Crippen LogP contribution in [0.5, 0.6) is 0 Å². The van der Waals surface area contributed by atoms with Gasteiger partial charge in [-0.15, -0.1) is 5.16 Å². The molecule has 1 aromatic rings. The molecule has 0 aliphatic heterocycles. The fourth-order valence-corrected chi connectivity index (χ4v) is 2.59. The molecule has 0 radical (unpaired) electrons. The zero-order valence-corrected chi connectivity index (χ0v) is 9.33. The predicted octanol–water partition coefficient (Wildman–Crippen LogP) is 3.18. The van der Waals surface area contributed by atoms with E-state index in [2.05, 4.69) is 31.1 Å². The Kier molecular flexibility index (Phi) is 2.76. The lowest BCUT2D eigenvalue weighted by atomic mass is 9.80. The maximum atomic E-state index is 8.65. The van der Waals surface area contributed by atoms with Crippen LogP contribution in [0.25, 0.3) is 0 Å². The highest BCUT2D eigenvalue weighted by Gasteiger charge is 2.20. The minimum Gasteiger partial charge on any atom is -0.411 e. The number of hydrogen-bond donors (Lipinski definition) is 1. The molecule has 0 bridgehead atoms. The van der Waals surface area contributed by atoms with Gasteiger partial charge in [0.2, 0.25) is 0 Å². The van der Waals surface area contributed by atoms with E-state index in [0.717, 1.165) is 12.8 Å². The molecule has 1 atom stereocenters. The third kappa shape index (κ3) is 1.89. The first-order chi connectivity index (χ1) is 7.22. The van der Waals surface area contributed by atoms with Crippen molar-refractivity contribution in [1.82, 2.24) is 0 Å². The number of aryl methyl sites for hydroxylation is 2. The van der Waals surface area contributed by atoms with Gasteiger partial charge in [0.25, 0.3) is 0 Å². The van der Waals surface area contributed by atoms with E-state index in [4.69, 9.17) is 5.21 Å². The van der Waals surface area contributed by atoms with Crippen molar-refractivity contribution in [2.45, 2.75) is 39.0 Å². The van der Waals surface area contributed by atoms with E-state index in [-0.39, 0.29) is 0 Å². The fraction of sp³-hybridized carbons (Fsp3) is 0.462. The molecule has 2 heteroatoms. The number of oxime groups is 1. The summed E-state index contributed by atoms with van der Waals surface area (Å²) >= 11 is 0. The van der Waals surface area contributed by atoms with Crippen LogP contribution in [-0.4, -0.2) is 11.4 Å². The summed E-state index contributed by atoms with van der Waals surface area (Å²) in [5, 5.41) is 11.8. The SMILES string of the molecule is Cc1cc(C)c2c(c1)C(C=NO)CCC2. The van der Waals surface area contributed by atoms with Gasteiger partial charge in [-0.1, -0.05) is 17.7 Å². The number of hydrogen-bond acceptors (Lipinski definition) is 2. The lowest BCUT2D eigenvalue weighted by Gasteiger charge is -2.24. The molecule has 0 aromatic heterocycles. The molecule has 0 spiro atoms. The Balaban J connectivity index is 2.50. The summed E-state index contributed by atoms with van der Waals surface area (Å²) in [7, 11) is 0. The molecule has 1 unspecified atom stereocenters. The Morgan fingerprint density at radius 1 is 1.40 bits per heavy atom. The smallest absolute Gasteiger partial charge is 0.0510 e. The van der Waals surface area contributed by atoms with Gasteiger partial charge in [-0.05, 0) is 49.8 Å². The minimum atomic E-state index is 0.303. The van der Waals surface area contributed by atoms with Crippen molar-refractivity contribution in [3.05, 3.63) is 34.4 Å². The second-order valence-electron chi connectivity index (χ2n) is 4.41. The van der Waals surface area contributed by atoms with E-state index >= 15 is 0 Å².